The molecule has 126 valence electrons. The van der Waals surface area contributed by atoms with E-state index >= 15 is 0 Å². The van der Waals surface area contributed by atoms with Crippen LogP contribution in [0.2, 0.25) is 0 Å². The van der Waals surface area contributed by atoms with Crippen molar-refractivity contribution in [3.8, 4) is 0 Å². The minimum atomic E-state index is 0.553. The van der Waals surface area contributed by atoms with E-state index in [0.717, 1.165) is 34.6 Å². The maximum Gasteiger partial charge on any atom is 0.229 e. The first-order valence-electron chi connectivity index (χ1n) is 8.08. The highest BCUT2D eigenvalue weighted by molar-refractivity contribution is 9.10. The fourth-order valence-corrected chi connectivity index (χ4v) is 3.07. The zero-order chi connectivity index (χ0) is 17.1. The van der Waals surface area contributed by atoms with Crippen molar-refractivity contribution in [2.75, 3.05) is 22.5 Å². The lowest BCUT2D eigenvalue weighted by Gasteiger charge is -2.11. The van der Waals surface area contributed by atoms with Crippen molar-refractivity contribution in [1.82, 2.24) is 15.0 Å². The molecule has 2 aromatic heterocycles. The molecule has 6 nitrogen and oxygen atoms in total. The number of benzene rings is 1. The standard InChI is InChI=1S/C18H17BrN6/c19-15-11-23-18(24-13-4-5-16-12(9-13)6-8-21-16)25-17(15)22-10-14-3-1-2-7-20-14/h1-5,7,9,11,21H,6,8,10H2,(H2,22,23,24,25). The summed E-state index contributed by atoms with van der Waals surface area (Å²) in [6.45, 7) is 1.59. The molecule has 0 radical (unpaired) electrons. The molecule has 1 aliphatic heterocycles. The number of anilines is 4. The SMILES string of the molecule is Brc1cnc(Nc2ccc3c(c2)CCN3)nc1NCc1ccccn1. The molecule has 0 spiro atoms. The van der Waals surface area contributed by atoms with Crippen LogP contribution >= 0.6 is 15.9 Å². The predicted molar refractivity (Wildman–Crippen MR) is 103 cm³/mol. The van der Waals surface area contributed by atoms with Crippen molar-refractivity contribution >= 4 is 39.1 Å². The Morgan fingerprint density at radius 3 is 3.00 bits per heavy atom. The minimum absolute atomic E-state index is 0.553. The summed E-state index contributed by atoms with van der Waals surface area (Å²) in [5.41, 5.74) is 4.46. The number of halogens is 1. The molecule has 0 atom stereocenters. The van der Waals surface area contributed by atoms with E-state index in [4.69, 9.17) is 0 Å². The van der Waals surface area contributed by atoms with Crippen LogP contribution in [0.4, 0.5) is 23.1 Å². The van der Waals surface area contributed by atoms with E-state index < -0.39 is 0 Å². The Hall–Kier alpha value is -2.67. The molecule has 1 aromatic carbocycles. The van der Waals surface area contributed by atoms with E-state index in [1.165, 1.54) is 11.3 Å². The van der Waals surface area contributed by atoms with Gasteiger partial charge >= 0.3 is 0 Å². The number of nitrogens with zero attached hydrogens (tertiary/aromatic N) is 3. The quantitative estimate of drug-likeness (QED) is 0.605. The van der Waals surface area contributed by atoms with Crippen molar-refractivity contribution in [1.29, 1.82) is 0 Å². The number of hydrogen-bond donors (Lipinski definition) is 3. The van der Waals surface area contributed by atoms with Gasteiger partial charge in [-0.25, -0.2) is 4.98 Å². The monoisotopic (exact) mass is 396 g/mol. The van der Waals surface area contributed by atoms with Gasteiger partial charge in [0.1, 0.15) is 5.82 Å². The summed E-state index contributed by atoms with van der Waals surface area (Å²) < 4.78 is 0.812. The Kier molecular flexibility index (Phi) is 4.47. The number of aromatic nitrogens is 3. The van der Waals surface area contributed by atoms with Crippen LogP contribution in [0.15, 0.2) is 53.3 Å². The van der Waals surface area contributed by atoms with Crippen LogP contribution in [0, 0.1) is 0 Å². The summed E-state index contributed by atoms with van der Waals surface area (Å²) in [5.74, 6) is 1.28. The van der Waals surface area contributed by atoms with Crippen LogP contribution in [0.3, 0.4) is 0 Å². The van der Waals surface area contributed by atoms with E-state index in [1.807, 2.05) is 24.3 Å². The molecule has 0 bridgehead atoms. The summed E-state index contributed by atoms with van der Waals surface area (Å²) in [4.78, 5) is 13.2. The maximum absolute atomic E-state index is 4.55. The van der Waals surface area contributed by atoms with Crippen LogP contribution in [-0.2, 0) is 13.0 Å². The second-order valence-corrected chi connectivity index (χ2v) is 6.59. The first kappa shape index (κ1) is 15.8. The van der Waals surface area contributed by atoms with Crippen molar-refractivity contribution in [3.63, 3.8) is 0 Å². The summed E-state index contributed by atoms with van der Waals surface area (Å²) in [6, 6.07) is 12.1. The van der Waals surface area contributed by atoms with Gasteiger partial charge in [-0.15, -0.1) is 0 Å². The Morgan fingerprint density at radius 2 is 2.12 bits per heavy atom. The fraction of sp³-hybridized carbons (Fsp3) is 0.167. The zero-order valence-electron chi connectivity index (χ0n) is 13.5. The molecule has 25 heavy (non-hydrogen) atoms. The van der Waals surface area contributed by atoms with Crippen molar-refractivity contribution in [3.05, 3.63) is 64.5 Å². The molecule has 3 N–H and O–H groups in total. The Bertz CT molecular complexity index is 884. The summed E-state index contributed by atoms with van der Waals surface area (Å²) in [7, 11) is 0. The number of rotatable bonds is 5. The van der Waals surface area contributed by atoms with Gasteiger partial charge in [-0.05, 0) is 58.2 Å². The van der Waals surface area contributed by atoms with Crippen LogP contribution < -0.4 is 16.0 Å². The highest BCUT2D eigenvalue weighted by Crippen LogP contribution is 2.27. The number of nitrogens with one attached hydrogen (secondary N) is 3. The third kappa shape index (κ3) is 3.71. The molecule has 0 aliphatic carbocycles. The summed E-state index contributed by atoms with van der Waals surface area (Å²) in [6.07, 6.45) is 4.57. The predicted octanol–water partition coefficient (Wildman–Crippen LogP) is 3.96. The number of hydrogen-bond acceptors (Lipinski definition) is 6. The average molecular weight is 397 g/mol. The van der Waals surface area contributed by atoms with Crippen molar-refractivity contribution < 1.29 is 0 Å². The van der Waals surface area contributed by atoms with Crippen LogP contribution in [0.1, 0.15) is 11.3 Å². The topological polar surface area (TPSA) is 74.8 Å². The second-order valence-electron chi connectivity index (χ2n) is 5.74. The largest absolute Gasteiger partial charge is 0.384 e. The maximum atomic E-state index is 4.55. The fourth-order valence-electron chi connectivity index (χ4n) is 2.74. The van der Waals surface area contributed by atoms with Crippen molar-refractivity contribution in [2.45, 2.75) is 13.0 Å². The smallest absolute Gasteiger partial charge is 0.229 e. The molecular formula is C18H17BrN6. The minimum Gasteiger partial charge on any atom is -0.384 e. The highest BCUT2D eigenvalue weighted by atomic mass is 79.9. The van der Waals surface area contributed by atoms with Gasteiger partial charge in [0.15, 0.2) is 0 Å². The molecule has 3 aromatic rings. The van der Waals surface area contributed by atoms with Gasteiger partial charge in [0.2, 0.25) is 5.95 Å². The molecule has 4 rings (SSSR count). The van der Waals surface area contributed by atoms with Gasteiger partial charge in [0.25, 0.3) is 0 Å². The van der Waals surface area contributed by atoms with E-state index in [9.17, 15) is 0 Å². The number of fused-ring (bicyclic) bond motifs is 1. The first-order valence-corrected chi connectivity index (χ1v) is 8.87. The molecule has 0 fully saturated rings. The van der Waals surface area contributed by atoms with Gasteiger partial charge in [-0.3, -0.25) is 4.98 Å². The molecule has 0 saturated heterocycles. The first-order chi connectivity index (χ1) is 12.3. The average Bonchev–Trinajstić information content (AvgIpc) is 3.11. The lowest BCUT2D eigenvalue weighted by molar-refractivity contribution is 1.02. The number of pyridine rings is 1. The van der Waals surface area contributed by atoms with Crippen LogP contribution in [0.5, 0.6) is 0 Å². The van der Waals surface area contributed by atoms with Gasteiger partial charge in [0.05, 0.1) is 16.7 Å². The Balaban J connectivity index is 1.49. The van der Waals surface area contributed by atoms with Gasteiger partial charge in [-0.1, -0.05) is 6.07 Å². The lowest BCUT2D eigenvalue weighted by Crippen LogP contribution is -2.06. The van der Waals surface area contributed by atoms with Crippen LogP contribution in [-0.4, -0.2) is 21.5 Å². The van der Waals surface area contributed by atoms with E-state index in [1.54, 1.807) is 12.4 Å². The molecular weight excluding hydrogens is 380 g/mol. The molecule has 0 amide bonds. The molecule has 1 aliphatic rings. The molecule has 7 heteroatoms. The second kappa shape index (κ2) is 7.06. The van der Waals surface area contributed by atoms with Gasteiger partial charge in [-0.2, -0.15) is 4.98 Å². The van der Waals surface area contributed by atoms with Gasteiger partial charge in [0, 0.05) is 30.3 Å². The van der Waals surface area contributed by atoms with E-state index in [0.29, 0.717) is 12.5 Å². The zero-order valence-corrected chi connectivity index (χ0v) is 15.0. The summed E-state index contributed by atoms with van der Waals surface area (Å²) >= 11 is 3.49. The van der Waals surface area contributed by atoms with Crippen LogP contribution in [0.25, 0.3) is 0 Å². The third-order valence-corrected chi connectivity index (χ3v) is 4.56. The molecule has 0 unspecified atom stereocenters. The lowest BCUT2D eigenvalue weighted by atomic mass is 10.1. The Morgan fingerprint density at radius 1 is 1.16 bits per heavy atom. The Labute approximate surface area is 154 Å². The van der Waals surface area contributed by atoms with E-state index in [2.05, 4.69) is 59.0 Å². The van der Waals surface area contributed by atoms with E-state index in [-0.39, 0.29) is 0 Å². The van der Waals surface area contributed by atoms with Crippen molar-refractivity contribution in [2.24, 2.45) is 0 Å². The normalized spacial score (nSPS) is 12.4. The summed E-state index contributed by atoms with van der Waals surface area (Å²) in [5, 5.41) is 9.92. The molecule has 3 heterocycles. The van der Waals surface area contributed by atoms with Gasteiger partial charge < -0.3 is 16.0 Å². The highest BCUT2D eigenvalue weighted by Gasteiger charge is 2.11. The molecule has 0 saturated carbocycles. The third-order valence-electron chi connectivity index (χ3n) is 3.98.